The highest BCUT2D eigenvalue weighted by Crippen LogP contribution is 2.45. The first-order valence-electron chi connectivity index (χ1n) is 10.2. The number of hydrogen-bond donors (Lipinski definition) is 2. The summed E-state index contributed by atoms with van der Waals surface area (Å²) in [6.45, 7) is 6.27. The predicted octanol–water partition coefficient (Wildman–Crippen LogP) is 5.08. The molecule has 0 atom stereocenters. The van der Waals surface area contributed by atoms with E-state index in [0.29, 0.717) is 11.4 Å². The van der Waals surface area contributed by atoms with E-state index in [4.69, 9.17) is 9.26 Å². The minimum atomic E-state index is -0.252. The Morgan fingerprint density at radius 3 is 2.53 bits per heavy atom. The molecule has 0 aliphatic heterocycles. The number of ether oxygens (including phenoxy) is 1. The van der Waals surface area contributed by atoms with E-state index >= 15 is 0 Å². The molecule has 0 saturated carbocycles. The van der Waals surface area contributed by atoms with Crippen molar-refractivity contribution < 1.29 is 14.4 Å². The Morgan fingerprint density at radius 2 is 1.88 bits per heavy atom. The van der Waals surface area contributed by atoms with Crippen molar-refractivity contribution in [1.29, 1.82) is 0 Å². The van der Waals surface area contributed by atoms with Gasteiger partial charge in [-0.2, -0.15) is 5.10 Å². The smallest absolute Gasteiger partial charge is 0.222 e. The molecule has 0 saturated heterocycles. The monoisotopic (exact) mass is 429 g/mol. The summed E-state index contributed by atoms with van der Waals surface area (Å²) in [5, 5.41) is 23.7. The van der Waals surface area contributed by atoms with Crippen LogP contribution in [0.4, 0.5) is 0 Å². The molecular weight excluding hydrogens is 406 g/mol. The zero-order valence-electron chi connectivity index (χ0n) is 18.2. The number of aromatic hydroxyl groups is 1. The van der Waals surface area contributed by atoms with E-state index in [1.807, 2.05) is 36.4 Å². The largest absolute Gasteiger partial charge is 0.493 e. The number of rotatable bonds is 4. The third-order valence-corrected chi connectivity index (χ3v) is 5.45. The van der Waals surface area contributed by atoms with E-state index in [1.54, 1.807) is 23.9 Å². The molecule has 2 N–H and O–H groups in total. The molecule has 32 heavy (non-hydrogen) atoms. The lowest BCUT2D eigenvalue weighted by Crippen LogP contribution is -2.12. The summed E-state index contributed by atoms with van der Waals surface area (Å²) in [4.78, 5) is 4.38. The van der Waals surface area contributed by atoms with E-state index in [9.17, 15) is 5.11 Å². The Hall–Kier alpha value is -4.07. The molecule has 0 radical (unpaired) electrons. The van der Waals surface area contributed by atoms with Crippen LogP contribution in [0.2, 0.25) is 0 Å². The van der Waals surface area contributed by atoms with Gasteiger partial charge in [0.15, 0.2) is 0 Å². The van der Waals surface area contributed by atoms with E-state index < -0.39 is 0 Å². The van der Waals surface area contributed by atoms with Gasteiger partial charge in [0.2, 0.25) is 11.8 Å². The molecule has 4 heterocycles. The van der Waals surface area contributed by atoms with E-state index in [-0.39, 0.29) is 11.3 Å². The van der Waals surface area contributed by atoms with Gasteiger partial charge in [0.25, 0.3) is 0 Å². The van der Waals surface area contributed by atoms with Gasteiger partial charge in [0.05, 0.1) is 29.4 Å². The van der Waals surface area contributed by atoms with Crippen LogP contribution in [0.5, 0.6) is 11.8 Å². The van der Waals surface area contributed by atoms with Gasteiger partial charge in [-0.3, -0.25) is 9.67 Å². The second-order valence-corrected chi connectivity index (χ2v) is 8.57. The fourth-order valence-corrected chi connectivity index (χ4v) is 3.99. The SMILES string of the molecule is COc1ncccc1-c1c2c(C(C)(C)C)n[nH]c2c(O)n1-c1ccc(-c2ccon2)cc1. The number of hydrogen-bond acceptors (Lipinski definition) is 6. The van der Waals surface area contributed by atoms with Crippen molar-refractivity contribution in [2.45, 2.75) is 26.2 Å². The van der Waals surface area contributed by atoms with Gasteiger partial charge in [-0.15, -0.1) is 0 Å². The molecule has 8 heteroatoms. The zero-order valence-corrected chi connectivity index (χ0v) is 18.2. The van der Waals surface area contributed by atoms with Crippen LogP contribution in [0.15, 0.2) is 59.4 Å². The van der Waals surface area contributed by atoms with Gasteiger partial charge in [0, 0.05) is 28.9 Å². The molecular formula is C24H23N5O3. The highest BCUT2D eigenvalue weighted by molar-refractivity contribution is 6.02. The number of benzene rings is 1. The molecule has 5 aromatic rings. The maximum Gasteiger partial charge on any atom is 0.222 e. The fraction of sp³-hybridized carbons (Fsp3) is 0.208. The summed E-state index contributed by atoms with van der Waals surface area (Å²) in [6, 6.07) is 13.3. The van der Waals surface area contributed by atoms with Crippen LogP contribution in [-0.4, -0.2) is 37.1 Å². The summed E-state index contributed by atoms with van der Waals surface area (Å²) in [6.07, 6.45) is 3.22. The highest BCUT2D eigenvalue weighted by atomic mass is 16.5. The summed E-state index contributed by atoms with van der Waals surface area (Å²) >= 11 is 0. The van der Waals surface area contributed by atoms with Gasteiger partial charge >= 0.3 is 0 Å². The Balaban J connectivity index is 1.81. The first-order chi connectivity index (χ1) is 15.4. The molecule has 0 unspecified atom stereocenters. The molecule has 0 aliphatic carbocycles. The molecule has 0 bridgehead atoms. The van der Waals surface area contributed by atoms with Crippen molar-refractivity contribution in [3.8, 4) is 40.0 Å². The average Bonchev–Trinajstić information content (AvgIpc) is 3.51. The number of aromatic nitrogens is 5. The normalized spacial score (nSPS) is 11.9. The van der Waals surface area contributed by atoms with Crippen molar-refractivity contribution in [3.63, 3.8) is 0 Å². The molecule has 1 aromatic carbocycles. The fourth-order valence-electron chi connectivity index (χ4n) is 3.99. The second kappa shape index (κ2) is 7.26. The van der Waals surface area contributed by atoms with Gasteiger partial charge in [-0.25, -0.2) is 4.98 Å². The van der Waals surface area contributed by atoms with Crippen LogP contribution < -0.4 is 4.74 Å². The van der Waals surface area contributed by atoms with Crippen molar-refractivity contribution in [3.05, 3.63) is 60.6 Å². The number of H-pyrrole nitrogens is 1. The third kappa shape index (κ3) is 3.03. The van der Waals surface area contributed by atoms with Gasteiger partial charge < -0.3 is 14.4 Å². The van der Waals surface area contributed by atoms with Gasteiger partial charge in [0.1, 0.15) is 17.5 Å². The van der Waals surface area contributed by atoms with Crippen molar-refractivity contribution in [1.82, 2.24) is 24.9 Å². The maximum absolute atomic E-state index is 11.3. The first kappa shape index (κ1) is 19.9. The lowest BCUT2D eigenvalue weighted by molar-refractivity contribution is 0.399. The van der Waals surface area contributed by atoms with Crippen molar-refractivity contribution >= 4 is 10.9 Å². The quantitative estimate of drug-likeness (QED) is 0.413. The Kier molecular flexibility index (Phi) is 4.51. The van der Waals surface area contributed by atoms with Crippen molar-refractivity contribution in [2.75, 3.05) is 7.11 Å². The summed E-state index contributed by atoms with van der Waals surface area (Å²) < 4.78 is 12.3. The van der Waals surface area contributed by atoms with E-state index in [1.165, 1.54) is 6.26 Å². The molecule has 0 aliphatic rings. The van der Waals surface area contributed by atoms with Gasteiger partial charge in [-0.1, -0.05) is 38.1 Å². The summed E-state index contributed by atoms with van der Waals surface area (Å²) in [5.74, 6) is 0.534. The maximum atomic E-state index is 11.3. The van der Waals surface area contributed by atoms with Gasteiger partial charge in [-0.05, 0) is 24.3 Å². The number of methoxy groups -OCH3 is 1. The van der Waals surface area contributed by atoms with Crippen LogP contribution in [-0.2, 0) is 5.41 Å². The van der Waals surface area contributed by atoms with Crippen LogP contribution in [0.3, 0.4) is 0 Å². The Morgan fingerprint density at radius 1 is 1.09 bits per heavy atom. The molecule has 0 spiro atoms. The Bertz CT molecular complexity index is 1390. The number of fused-ring (bicyclic) bond motifs is 1. The highest BCUT2D eigenvalue weighted by Gasteiger charge is 2.30. The zero-order chi connectivity index (χ0) is 22.5. The minimum absolute atomic E-state index is 0.0677. The molecule has 162 valence electrons. The average molecular weight is 429 g/mol. The molecule has 5 rings (SSSR count). The van der Waals surface area contributed by atoms with Crippen LogP contribution in [0.25, 0.3) is 39.1 Å². The van der Waals surface area contributed by atoms with E-state index in [0.717, 1.165) is 39.3 Å². The molecule has 0 fully saturated rings. The summed E-state index contributed by atoms with van der Waals surface area (Å²) in [5.41, 5.74) is 5.12. The third-order valence-electron chi connectivity index (χ3n) is 5.45. The molecule has 4 aromatic heterocycles. The lowest BCUT2D eigenvalue weighted by atomic mass is 9.89. The lowest BCUT2D eigenvalue weighted by Gasteiger charge is -2.18. The minimum Gasteiger partial charge on any atom is -0.493 e. The van der Waals surface area contributed by atoms with Crippen LogP contribution in [0, 0.1) is 0 Å². The molecule has 8 nitrogen and oxygen atoms in total. The first-order valence-corrected chi connectivity index (χ1v) is 10.2. The Labute approximate surface area is 184 Å². The van der Waals surface area contributed by atoms with Crippen LogP contribution >= 0.6 is 0 Å². The second-order valence-electron chi connectivity index (χ2n) is 8.57. The number of nitrogens with one attached hydrogen (secondary N) is 1. The number of aromatic amines is 1. The summed E-state index contributed by atoms with van der Waals surface area (Å²) in [7, 11) is 1.59. The van der Waals surface area contributed by atoms with Crippen molar-refractivity contribution in [2.24, 2.45) is 0 Å². The van der Waals surface area contributed by atoms with Crippen LogP contribution in [0.1, 0.15) is 26.5 Å². The number of pyridine rings is 1. The standard InChI is InChI=1S/C24H23N5O3/c1-24(2,3)21-18-19(26-27-21)23(30)29(20(18)16-6-5-12-25-22(16)31-4)15-9-7-14(8-10-15)17-11-13-32-28-17/h5-13,26,30H,1-4H3. The molecule has 0 amide bonds. The topological polar surface area (TPSA) is 102 Å². The van der Waals surface area contributed by atoms with E-state index in [2.05, 4.69) is 41.1 Å². The predicted molar refractivity (Wildman–Crippen MR) is 121 cm³/mol. The number of nitrogens with zero attached hydrogens (tertiary/aromatic N) is 4.